The summed E-state index contributed by atoms with van der Waals surface area (Å²) in [6.45, 7) is 10.7. The van der Waals surface area contributed by atoms with Crippen LogP contribution in [0.25, 0.3) is 11.0 Å². The van der Waals surface area contributed by atoms with Crippen molar-refractivity contribution in [3.63, 3.8) is 0 Å². The van der Waals surface area contributed by atoms with Crippen molar-refractivity contribution >= 4 is 16.7 Å². The molecule has 0 radical (unpaired) electrons. The van der Waals surface area contributed by atoms with Crippen LogP contribution in [0, 0.1) is 18.3 Å². The molecule has 6 heteroatoms. The van der Waals surface area contributed by atoms with Crippen LogP contribution in [-0.4, -0.2) is 40.1 Å². The van der Waals surface area contributed by atoms with Gasteiger partial charge in [-0.1, -0.05) is 74.0 Å². The second-order valence-corrected chi connectivity index (χ2v) is 9.36. The zero-order chi connectivity index (χ0) is 26.5. The molecule has 2 aromatic heterocycles. The van der Waals surface area contributed by atoms with Crippen LogP contribution in [0.3, 0.4) is 0 Å². The lowest BCUT2D eigenvalue weighted by Gasteiger charge is -2.44. The maximum Gasteiger partial charge on any atom is 0.252 e. The Morgan fingerprint density at radius 3 is 2.30 bits per heavy atom. The third-order valence-electron chi connectivity index (χ3n) is 7.03. The van der Waals surface area contributed by atoms with Gasteiger partial charge in [-0.3, -0.25) is 9.69 Å². The highest BCUT2D eigenvalue weighted by Crippen LogP contribution is 2.33. The Hall–Kier alpha value is -3.95. The Labute approximate surface area is 219 Å². The summed E-state index contributed by atoms with van der Waals surface area (Å²) in [5.74, 6) is 0. The molecule has 0 saturated carbocycles. The van der Waals surface area contributed by atoms with Crippen LogP contribution in [-0.2, 0) is 7.05 Å². The van der Waals surface area contributed by atoms with E-state index in [9.17, 15) is 10.1 Å². The normalized spacial score (nSPS) is 16.5. The van der Waals surface area contributed by atoms with Crippen molar-refractivity contribution in [3.8, 4) is 6.07 Å². The topological polar surface area (TPSA) is 65.2 Å². The lowest BCUT2D eigenvalue weighted by molar-refractivity contribution is 0.188. The van der Waals surface area contributed by atoms with Gasteiger partial charge in [0.05, 0.1) is 17.2 Å². The quantitative estimate of drug-likeness (QED) is 0.379. The van der Waals surface area contributed by atoms with E-state index >= 15 is 0 Å². The fourth-order valence-corrected chi connectivity index (χ4v) is 5.17. The fraction of sp³-hybridized carbons (Fsp3) is 0.323. The Morgan fingerprint density at radius 1 is 0.973 bits per heavy atom. The molecule has 1 aliphatic rings. The number of benzene rings is 2. The van der Waals surface area contributed by atoms with Crippen LogP contribution >= 0.6 is 0 Å². The smallest absolute Gasteiger partial charge is 0.252 e. The van der Waals surface area contributed by atoms with Gasteiger partial charge in [-0.15, -0.1) is 0 Å². The zero-order valence-corrected chi connectivity index (χ0v) is 22.3. The lowest BCUT2D eigenvalue weighted by atomic mass is 9.95. The molecule has 1 saturated heterocycles. The maximum atomic E-state index is 12.8. The van der Waals surface area contributed by atoms with Gasteiger partial charge in [0, 0.05) is 38.8 Å². The lowest BCUT2D eigenvalue weighted by Crippen LogP contribution is -2.53. The molecule has 0 N–H and O–H groups in total. The van der Waals surface area contributed by atoms with Crippen molar-refractivity contribution in [3.05, 3.63) is 106 Å². The van der Waals surface area contributed by atoms with Gasteiger partial charge in [0.1, 0.15) is 17.3 Å². The number of piperazine rings is 1. The van der Waals surface area contributed by atoms with Gasteiger partial charge >= 0.3 is 0 Å². The molecule has 2 aromatic carbocycles. The van der Waals surface area contributed by atoms with E-state index in [0.29, 0.717) is 11.2 Å². The van der Waals surface area contributed by atoms with E-state index in [1.54, 1.807) is 23.7 Å². The third-order valence-corrected chi connectivity index (χ3v) is 7.03. The summed E-state index contributed by atoms with van der Waals surface area (Å²) in [6.07, 6.45) is 0. The van der Waals surface area contributed by atoms with Gasteiger partial charge < -0.3 is 9.47 Å². The van der Waals surface area contributed by atoms with Crippen molar-refractivity contribution in [1.29, 1.82) is 5.26 Å². The number of aryl methyl sites for hydroxylation is 2. The number of fused-ring (bicyclic) bond motifs is 1. The molecule has 1 aliphatic heterocycles. The molecule has 4 aromatic rings. The molecule has 2 atom stereocenters. The van der Waals surface area contributed by atoms with Crippen LogP contribution in [0.15, 0.2) is 77.6 Å². The average Bonchev–Trinajstić information content (AvgIpc) is 2.94. The minimum Gasteiger partial charge on any atom is -0.364 e. The zero-order valence-electron chi connectivity index (χ0n) is 22.3. The van der Waals surface area contributed by atoms with Crippen molar-refractivity contribution in [2.24, 2.45) is 7.05 Å². The minimum absolute atomic E-state index is 0.0737. The van der Waals surface area contributed by atoms with E-state index in [1.807, 2.05) is 19.9 Å². The van der Waals surface area contributed by atoms with Gasteiger partial charge in [-0.25, -0.2) is 4.98 Å². The van der Waals surface area contributed by atoms with E-state index in [1.165, 1.54) is 16.7 Å². The standard InChI is InChI=1S/C29H29N5O.C2H6/c1-20-9-11-23(12-10-20)29(22-7-5-4-6-8-22)33-15-16-34(21(2)19-33)26-17-27(35)32(3)25-14-13-24(18-30)31-28(25)26;1-2/h4-14,17,21,29H,15-16,19H2,1-3H3;1-2H3. The summed E-state index contributed by atoms with van der Waals surface area (Å²) in [7, 11) is 1.75. The summed E-state index contributed by atoms with van der Waals surface area (Å²) in [5, 5.41) is 9.40. The van der Waals surface area contributed by atoms with E-state index in [4.69, 9.17) is 0 Å². The summed E-state index contributed by atoms with van der Waals surface area (Å²) in [5.41, 5.74) is 6.33. The van der Waals surface area contributed by atoms with Crippen LogP contribution in [0.5, 0.6) is 0 Å². The Bertz CT molecular complexity index is 1450. The van der Waals surface area contributed by atoms with Crippen molar-refractivity contribution in [1.82, 2.24) is 14.5 Å². The highest BCUT2D eigenvalue weighted by atomic mass is 16.1. The highest BCUT2D eigenvalue weighted by molar-refractivity contribution is 5.89. The summed E-state index contributed by atoms with van der Waals surface area (Å²) >= 11 is 0. The molecule has 2 unspecified atom stereocenters. The SMILES string of the molecule is CC.Cc1ccc(C(c2ccccc2)N2CCN(c3cc(=O)n(C)c4ccc(C#N)nc34)C(C)C2)cc1. The molecule has 1 fully saturated rings. The molecule has 0 amide bonds. The highest BCUT2D eigenvalue weighted by Gasteiger charge is 2.31. The number of hydrogen-bond donors (Lipinski definition) is 0. The summed E-state index contributed by atoms with van der Waals surface area (Å²) < 4.78 is 1.59. The molecular weight excluding hydrogens is 458 g/mol. The van der Waals surface area contributed by atoms with E-state index in [2.05, 4.69) is 89.3 Å². The van der Waals surface area contributed by atoms with Gasteiger partial charge in [0.25, 0.3) is 5.56 Å². The third kappa shape index (κ3) is 5.28. The molecular formula is C31H35N5O. The number of hydrogen-bond acceptors (Lipinski definition) is 5. The number of nitrogens with zero attached hydrogens (tertiary/aromatic N) is 5. The maximum absolute atomic E-state index is 12.8. The van der Waals surface area contributed by atoms with Crippen LogP contribution in [0.2, 0.25) is 0 Å². The summed E-state index contributed by atoms with van der Waals surface area (Å²) in [4.78, 5) is 22.1. The van der Waals surface area contributed by atoms with Crippen LogP contribution in [0.1, 0.15) is 49.2 Å². The molecule has 37 heavy (non-hydrogen) atoms. The largest absolute Gasteiger partial charge is 0.364 e. The van der Waals surface area contributed by atoms with Gasteiger partial charge in [-0.2, -0.15) is 5.26 Å². The minimum atomic E-state index is -0.0737. The number of rotatable bonds is 4. The first-order valence-corrected chi connectivity index (χ1v) is 13.0. The number of pyridine rings is 2. The number of anilines is 1. The average molecular weight is 494 g/mol. The molecule has 6 nitrogen and oxygen atoms in total. The van der Waals surface area contributed by atoms with Crippen LogP contribution < -0.4 is 10.5 Å². The fourth-order valence-electron chi connectivity index (χ4n) is 5.17. The van der Waals surface area contributed by atoms with Gasteiger partial charge in [0.2, 0.25) is 0 Å². The van der Waals surface area contributed by atoms with Crippen molar-refractivity contribution in [2.45, 2.75) is 39.8 Å². The Kier molecular flexibility index (Phi) is 8.05. The second kappa shape index (κ2) is 11.4. The first-order valence-electron chi connectivity index (χ1n) is 13.0. The van der Waals surface area contributed by atoms with Gasteiger partial charge in [0.15, 0.2) is 0 Å². The van der Waals surface area contributed by atoms with Crippen molar-refractivity contribution < 1.29 is 0 Å². The summed E-state index contributed by atoms with van der Waals surface area (Å²) in [6, 6.07) is 27.0. The van der Waals surface area contributed by atoms with E-state index in [-0.39, 0.29) is 17.6 Å². The van der Waals surface area contributed by atoms with Crippen LogP contribution in [0.4, 0.5) is 5.69 Å². The Morgan fingerprint density at radius 2 is 1.65 bits per heavy atom. The predicted octanol–water partition coefficient (Wildman–Crippen LogP) is 5.44. The first kappa shape index (κ1) is 26.1. The monoisotopic (exact) mass is 493 g/mol. The molecule has 190 valence electrons. The second-order valence-electron chi connectivity index (χ2n) is 9.36. The molecule has 0 aliphatic carbocycles. The van der Waals surface area contributed by atoms with E-state index in [0.717, 1.165) is 30.8 Å². The Balaban J connectivity index is 0.00000156. The number of aromatic nitrogens is 2. The molecule has 0 bridgehead atoms. The van der Waals surface area contributed by atoms with Crippen molar-refractivity contribution in [2.75, 3.05) is 24.5 Å². The molecule has 3 heterocycles. The number of nitriles is 1. The van der Waals surface area contributed by atoms with E-state index < -0.39 is 0 Å². The molecule has 0 spiro atoms. The predicted molar refractivity (Wildman–Crippen MR) is 151 cm³/mol. The molecule has 5 rings (SSSR count). The van der Waals surface area contributed by atoms with Gasteiger partial charge in [-0.05, 0) is 37.1 Å². The first-order chi connectivity index (χ1) is 18.0.